The molecule has 0 heterocycles. The Morgan fingerprint density at radius 1 is 1.10 bits per heavy atom. The number of allylic oxidation sites excluding steroid dienone is 2. The van der Waals surface area contributed by atoms with E-state index < -0.39 is 45.6 Å². The first-order chi connectivity index (χ1) is 8.13. The van der Waals surface area contributed by atoms with E-state index >= 15 is 0 Å². The zero-order valence-corrected chi connectivity index (χ0v) is 11.7. The van der Waals surface area contributed by atoms with Gasteiger partial charge in [-0.05, 0) is 12.8 Å². The van der Waals surface area contributed by atoms with E-state index in [-0.39, 0.29) is 12.3 Å². The Morgan fingerprint density at radius 2 is 1.45 bits per heavy atom. The van der Waals surface area contributed by atoms with E-state index in [1.807, 2.05) is 0 Å². The van der Waals surface area contributed by atoms with Gasteiger partial charge in [-0.2, -0.15) is 8.42 Å². The van der Waals surface area contributed by atoms with Gasteiger partial charge < -0.3 is 22.5 Å². The molecule has 0 radical (unpaired) electrons. The van der Waals surface area contributed by atoms with Crippen molar-refractivity contribution in [2.75, 3.05) is 0 Å². The SMILES string of the molecule is C=CCC(CC=C)(C(=O)O)C(C(=O)O)S(=O)(=O)O.N.N. The number of hydrogen-bond acceptors (Lipinski definition) is 6. The van der Waals surface area contributed by atoms with Gasteiger partial charge in [-0.1, -0.05) is 12.2 Å². The lowest BCUT2D eigenvalue weighted by molar-refractivity contribution is -0.155. The molecule has 0 aromatic rings. The zero-order valence-electron chi connectivity index (χ0n) is 10.9. The van der Waals surface area contributed by atoms with E-state index in [2.05, 4.69) is 13.2 Å². The van der Waals surface area contributed by atoms with Crippen molar-refractivity contribution in [1.82, 2.24) is 12.3 Å². The molecule has 0 fully saturated rings. The summed E-state index contributed by atoms with van der Waals surface area (Å²) in [4.78, 5) is 22.2. The first-order valence-electron chi connectivity index (χ1n) is 4.77. The summed E-state index contributed by atoms with van der Waals surface area (Å²) < 4.78 is 31.2. The van der Waals surface area contributed by atoms with Gasteiger partial charge in [0.15, 0.2) is 5.25 Å². The second-order valence-corrected chi connectivity index (χ2v) is 5.18. The standard InChI is InChI=1S/C10H14O7S.2H3N/c1-3-5-10(6-4-2,9(13)14)7(8(11)12)18(15,16)17;;/h3-4,7H,1-2,5-6H2,(H,11,12)(H,13,14)(H,15,16,17);2*1H3. The number of carbonyl (C=O) groups is 2. The molecule has 20 heavy (non-hydrogen) atoms. The summed E-state index contributed by atoms with van der Waals surface area (Å²) in [6.07, 6.45) is 1.29. The fourth-order valence-electron chi connectivity index (χ4n) is 1.75. The van der Waals surface area contributed by atoms with Gasteiger partial charge >= 0.3 is 11.9 Å². The van der Waals surface area contributed by atoms with Crippen LogP contribution in [0.1, 0.15) is 12.8 Å². The van der Waals surface area contributed by atoms with E-state index in [9.17, 15) is 18.0 Å². The Balaban J connectivity index is -0.00000144. The molecular weight excluding hydrogens is 292 g/mol. The molecule has 0 aromatic carbocycles. The zero-order chi connectivity index (χ0) is 14.6. The molecule has 10 heteroatoms. The quantitative estimate of drug-likeness (QED) is 0.318. The molecule has 0 rings (SSSR count). The van der Waals surface area contributed by atoms with E-state index in [1.54, 1.807) is 0 Å². The average Bonchev–Trinajstić information content (AvgIpc) is 2.14. The van der Waals surface area contributed by atoms with Crippen molar-refractivity contribution in [3.8, 4) is 0 Å². The van der Waals surface area contributed by atoms with Crippen molar-refractivity contribution in [3.05, 3.63) is 25.3 Å². The molecule has 0 aromatic heterocycles. The molecule has 0 aliphatic carbocycles. The van der Waals surface area contributed by atoms with Crippen LogP contribution in [0.4, 0.5) is 0 Å². The van der Waals surface area contributed by atoms with Crippen LogP contribution >= 0.6 is 0 Å². The second kappa shape index (κ2) is 8.43. The lowest BCUT2D eigenvalue weighted by Crippen LogP contribution is -2.50. The molecule has 0 aliphatic heterocycles. The smallest absolute Gasteiger partial charge is 0.325 e. The molecule has 0 saturated carbocycles. The van der Waals surface area contributed by atoms with Crippen LogP contribution in [0, 0.1) is 5.41 Å². The summed E-state index contributed by atoms with van der Waals surface area (Å²) in [5, 5.41) is 15.5. The topological polar surface area (TPSA) is 199 Å². The lowest BCUT2D eigenvalue weighted by Gasteiger charge is -2.30. The van der Waals surface area contributed by atoms with Crippen LogP contribution in [0.15, 0.2) is 25.3 Å². The van der Waals surface area contributed by atoms with Gasteiger partial charge in [0.1, 0.15) is 5.41 Å². The summed E-state index contributed by atoms with van der Waals surface area (Å²) in [6, 6.07) is 0. The van der Waals surface area contributed by atoms with Gasteiger partial charge in [-0.15, -0.1) is 13.2 Å². The third-order valence-electron chi connectivity index (χ3n) is 2.47. The van der Waals surface area contributed by atoms with Crippen molar-refractivity contribution >= 4 is 22.1 Å². The Labute approximate surface area is 116 Å². The van der Waals surface area contributed by atoms with E-state index in [0.29, 0.717) is 0 Å². The fourth-order valence-corrected chi connectivity index (χ4v) is 2.87. The molecule has 9 N–H and O–H groups in total. The van der Waals surface area contributed by atoms with Crippen LogP contribution < -0.4 is 12.3 Å². The van der Waals surface area contributed by atoms with E-state index in [4.69, 9.17) is 14.8 Å². The number of carboxylic acid groups (broad SMARTS) is 2. The Morgan fingerprint density at radius 3 is 1.60 bits per heavy atom. The lowest BCUT2D eigenvalue weighted by atomic mass is 9.77. The molecule has 0 amide bonds. The molecule has 0 aliphatic rings. The van der Waals surface area contributed by atoms with Crippen molar-refractivity contribution < 1.29 is 32.8 Å². The number of carboxylic acids is 2. The number of rotatable bonds is 8. The van der Waals surface area contributed by atoms with Crippen LogP contribution in [0.3, 0.4) is 0 Å². The fraction of sp³-hybridized carbons (Fsp3) is 0.400. The van der Waals surface area contributed by atoms with Crippen molar-refractivity contribution in [3.63, 3.8) is 0 Å². The third-order valence-corrected chi connectivity index (χ3v) is 3.72. The van der Waals surface area contributed by atoms with Crippen LogP contribution in [-0.2, 0) is 19.7 Å². The highest BCUT2D eigenvalue weighted by Crippen LogP contribution is 2.36. The molecular formula is C10H20N2O7S. The largest absolute Gasteiger partial charge is 0.481 e. The minimum absolute atomic E-state index is 0. The van der Waals surface area contributed by atoms with Gasteiger partial charge in [0.2, 0.25) is 0 Å². The van der Waals surface area contributed by atoms with Gasteiger partial charge in [-0.25, -0.2) is 0 Å². The first kappa shape index (κ1) is 23.4. The monoisotopic (exact) mass is 312 g/mol. The summed E-state index contributed by atoms with van der Waals surface area (Å²) >= 11 is 0. The van der Waals surface area contributed by atoms with Crippen molar-refractivity contribution in [2.24, 2.45) is 5.41 Å². The normalized spacial score (nSPS) is 12.2. The van der Waals surface area contributed by atoms with Crippen LogP contribution in [-0.4, -0.2) is 40.4 Å². The molecule has 0 saturated heterocycles. The van der Waals surface area contributed by atoms with Crippen LogP contribution in [0.5, 0.6) is 0 Å². The van der Waals surface area contributed by atoms with Crippen molar-refractivity contribution in [1.29, 1.82) is 0 Å². The number of hydrogen-bond donors (Lipinski definition) is 5. The maximum absolute atomic E-state index is 11.3. The predicted octanol–water partition coefficient (Wildman–Crippen LogP) is 0.875. The Hall–Kier alpha value is -1.75. The van der Waals surface area contributed by atoms with Gasteiger partial charge in [-0.3, -0.25) is 14.1 Å². The summed E-state index contributed by atoms with van der Waals surface area (Å²) in [6.45, 7) is 6.53. The third kappa shape index (κ3) is 4.74. The van der Waals surface area contributed by atoms with Crippen LogP contribution in [0.25, 0.3) is 0 Å². The highest BCUT2D eigenvalue weighted by atomic mass is 32.2. The second-order valence-electron chi connectivity index (χ2n) is 3.68. The molecule has 118 valence electrons. The highest BCUT2D eigenvalue weighted by Gasteiger charge is 2.54. The summed E-state index contributed by atoms with van der Waals surface area (Å²) in [5.74, 6) is -3.60. The number of aliphatic carboxylic acids is 2. The van der Waals surface area contributed by atoms with Gasteiger partial charge in [0.25, 0.3) is 10.1 Å². The maximum atomic E-state index is 11.3. The first-order valence-corrected chi connectivity index (χ1v) is 6.28. The van der Waals surface area contributed by atoms with Crippen LogP contribution in [0.2, 0.25) is 0 Å². The molecule has 1 atom stereocenters. The summed E-state index contributed by atoms with van der Waals surface area (Å²) in [7, 11) is -5.09. The molecule has 0 bridgehead atoms. The summed E-state index contributed by atoms with van der Waals surface area (Å²) in [5.41, 5.74) is -2.23. The predicted molar refractivity (Wildman–Crippen MR) is 72.7 cm³/mol. The highest BCUT2D eigenvalue weighted by molar-refractivity contribution is 7.87. The van der Waals surface area contributed by atoms with E-state index in [0.717, 1.165) is 12.2 Å². The van der Waals surface area contributed by atoms with Gasteiger partial charge in [0.05, 0.1) is 0 Å². The van der Waals surface area contributed by atoms with Crippen molar-refractivity contribution in [2.45, 2.75) is 18.1 Å². The van der Waals surface area contributed by atoms with Gasteiger partial charge in [0, 0.05) is 0 Å². The Kier molecular flexibility index (Phi) is 9.84. The molecule has 0 spiro atoms. The molecule has 1 unspecified atom stereocenters. The Bertz CT molecular complexity index is 462. The minimum atomic E-state index is -5.09. The molecule has 9 nitrogen and oxygen atoms in total. The maximum Gasteiger partial charge on any atom is 0.325 e. The average molecular weight is 312 g/mol. The van der Waals surface area contributed by atoms with E-state index in [1.165, 1.54) is 0 Å². The minimum Gasteiger partial charge on any atom is -0.481 e.